The Morgan fingerprint density at radius 3 is 2.69 bits per heavy atom. The van der Waals surface area contributed by atoms with Gasteiger partial charge in [-0.05, 0) is 87.3 Å². The number of fused-ring (bicyclic) bond motifs is 1. The Kier molecular flexibility index (Phi) is 11.8. The summed E-state index contributed by atoms with van der Waals surface area (Å²) < 4.78 is 10.7. The van der Waals surface area contributed by atoms with E-state index in [1.165, 1.54) is 25.7 Å². The lowest BCUT2D eigenvalue weighted by Crippen LogP contribution is -2.54. The van der Waals surface area contributed by atoms with Crippen LogP contribution in [0.1, 0.15) is 70.3 Å². The number of carbonyl (C=O) groups excluding carboxylic acids is 1. The number of carbonyl (C=O) groups is 1. The van der Waals surface area contributed by atoms with E-state index in [0.29, 0.717) is 37.1 Å². The molecule has 0 aromatic heterocycles. The Morgan fingerprint density at radius 2 is 1.97 bits per heavy atom. The third-order valence-electron chi connectivity index (χ3n) is 9.35. The molecule has 2 saturated carbocycles. The molecule has 0 bridgehead atoms. The second-order valence-electron chi connectivity index (χ2n) is 11.8. The van der Waals surface area contributed by atoms with Gasteiger partial charge in [0.2, 0.25) is 0 Å². The molecule has 2 amide bonds. The summed E-state index contributed by atoms with van der Waals surface area (Å²) in [4.78, 5) is 15.6. The summed E-state index contributed by atoms with van der Waals surface area (Å²) in [5.74, 6) is 2.03. The van der Waals surface area contributed by atoms with E-state index in [4.69, 9.17) is 21.1 Å². The fourth-order valence-electron chi connectivity index (χ4n) is 7.26. The third-order valence-corrected chi connectivity index (χ3v) is 9.59. The monoisotopic (exact) mass is 563 g/mol. The predicted molar refractivity (Wildman–Crippen MR) is 156 cm³/mol. The van der Waals surface area contributed by atoms with Crippen LogP contribution in [0, 0.1) is 23.7 Å². The van der Waals surface area contributed by atoms with E-state index in [-0.39, 0.29) is 18.0 Å². The number of nitrogens with zero attached hydrogens (tertiary/aromatic N) is 1. The second kappa shape index (κ2) is 15.0. The van der Waals surface area contributed by atoms with Crippen LogP contribution in [0.4, 0.5) is 4.79 Å². The first-order chi connectivity index (χ1) is 19.0. The van der Waals surface area contributed by atoms with Crippen LogP contribution in [0.15, 0.2) is 24.3 Å². The molecule has 1 aromatic rings. The number of ether oxygens (including phenoxy) is 2. The fourth-order valence-corrected chi connectivity index (χ4v) is 7.45. The van der Waals surface area contributed by atoms with E-state index in [1.54, 1.807) is 7.11 Å². The molecule has 7 nitrogen and oxygen atoms in total. The van der Waals surface area contributed by atoms with Gasteiger partial charge in [0, 0.05) is 63.5 Å². The molecule has 39 heavy (non-hydrogen) atoms. The summed E-state index contributed by atoms with van der Waals surface area (Å²) in [5.41, 5.74) is -0.193. The highest BCUT2D eigenvalue weighted by Gasteiger charge is 2.54. The van der Waals surface area contributed by atoms with Gasteiger partial charge in [-0.2, -0.15) is 0 Å². The normalized spacial score (nSPS) is 26.9. The van der Waals surface area contributed by atoms with E-state index >= 15 is 0 Å². The van der Waals surface area contributed by atoms with Crippen LogP contribution in [0.3, 0.4) is 0 Å². The Labute approximate surface area is 240 Å². The lowest BCUT2D eigenvalue weighted by Gasteiger charge is -2.43. The molecule has 1 saturated heterocycles. The zero-order valence-electron chi connectivity index (χ0n) is 24.0. The first kappa shape index (κ1) is 30.6. The van der Waals surface area contributed by atoms with Gasteiger partial charge in [-0.15, -0.1) is 0 Å². The molecule has 1 aromatic carbocycles. The standard InChI is InChI=1S/C31H50ClN3O4/c1-3-39-19-16-33-21-28(29-26-13-4-5-14-27(26)29)34-30(36)35-17-9-11-24(22-35)31(37,15-6-7-18-38-2)23-10-8-12-25(32)20-23/h8,10,12,20,24,26-29,33,37H,3-7,9,11,13-19,21-22H2,1-2H3,(H,34,36)/t24-,26?,27?,28-,29?,31-/m1/s1. The number of hydrogen-bond acceptors (Lipinski definition) is 5. The molecule has 0 spiro atoms. The maximum Gasteiger partial charge on any atom is 0.317 e. The molecule has 1 heterocycles. The summed E-state index contributed by atoms with van der Waals surface area (Å²) >= 11 is 6.35. The number of nitrogens with one attached hydrogen (secondary N) is 2. The Hall–Kier alpha value is -1.38. The second-order valence-corrected chi connectivity index (χ2v) is 12.3. The van der Waals surface area contributed by atoms with Gasteiger partial charge in [0.15, 0.2) is 0 Å². The molecule has 1 aliphatic heterocycles. The molecular formula is C31H50ClN3O4. The number of rotatable bonds is 15. The van der Waals surface area contributed by atoms with Crippen LogP contribution < -0.4 is 10.6 Å². The fraction of sp³-hybridized carbons (Fsp3) is 0.774. The molecular weight excluding hydrogens is 514 g/mol. The minimum Gasteiger partial charge on any atom is -0.385 e. The SMILES string of the molecule is CCOCCNC[C@@H](NC(=O)N1CCC[C@@H]([C@@](O)(CCCCOC)c2cccc(Cl)c2)C1)C1C2CCCCC21. The number of halogens is 1. The Morgan fingerprint density at radius 1 is 1.18 bits per heavy atom. The van der Waals surface area contributed by atoms with E-state index in [9.17, 15) is 9.90 Å². The van der Waals surface area contributed by atoms with Crippen molar-refractivity contribution in [2.45, 2.75) is 76.4 Å². The van der Waals surface area contributed by atoms with Gasteiger partial charge in [-0.25, -0.2) is 4.79 Å². The highest BCUT2D eigenvalue weighted by Crippen LogP contribution is 2.57. The van der Waals surface area contributed by atoms with Gasteiger partial charge in [0.1, 0.15) is 0 Å². The van der Waals surface area contributed by atoms with Crippen LogP contribution in [0.25, 0.3) is 0 Å². The van der Waals surface area contributed by atoms with Crippen molar-refractivity contribution in [2.75, 3.05) is 53.1 Å². The number of unbranched alkanes of at least 4 members (excludes halogenated alkanes) is 1. The van der Waals surface area contributed by atoms with Crippen molar-refractivity contribution in [3.05, 3.63) is 34.9 Å². The minimum atomic E-state index is -1.04. The Balaban J connectivity index is 1.42. The lowest BCUT2D eigenvalue weighted by atomic mass is 9.74. The first-order valence-electron chi connectivity index (χ1n) is 15.3. The molecule has 5 atom stereocenters. The van der Waals surface area contributed by atoms with Crippen molar-refractivity contribution in [1.29, 1.82) is 0 Å². The van der Waals surface area contributed by atoms with Crippen molar-refractivity contribution in [3.8, 4) is 0 Å². The van der Waals surface area contributed by atoms with Crippen molar-refractivity contribution in [2.24, 2.45) is 23.7 Å². The summed E-state index contributed by atoms with van der Waals surface area (Å²) in [6, 6.07) is 7.75. The van der Waals surface area contributed by atoms with Crippen molar-refractivity contribution < 1.29 is 19.4 Å². The van der Waals surface area contributed by atoms with Crippen LogP contribution in [-0.2, 0) is 15.1 Å². The maximum atomic E-state index is 13.7. The third kappa shape index (κ3) is 8.10. The quantitative estimate of drug-likeness (QED) is 0.256. The molecule has 2 aliphatic carbocycles. The van der Waals surface area contributed by atoms with Gasteiger partial charge in [-0.3, -0.25) is 0 Å². The number of benzene rings is 1. The molecule has 2 unspecified atom stereocenters. The van der Waals surface area contributed by atoms with Crippen LogP contribution in [0.5, 0.6) is 0 Å². The number of likely N-dealkylation sites (tertiary alicyclic amines) is 1. The summed E-state index contributed by atoms with van der Waals surface area (Å²) in [6.07, 6.45) is 9.33. The molecule has 3 aliphatic rings. The number of methoxy groups -OCH3 is 1. The number of piperidine rings is 1. The van der Waals surface area contributed by atoms with Crippen LogP contribution >= 0.6 is 11.6 Å². The Bertz CT molecular complexity index is 892. The van der Waals surface area contributed by atoms with Gasteiger partial charge in [0.25, 0.3) is 0 Å². The zero-order valence-corrected chi connectivity index (χ0v) is 24.8. The average molecular weight is 564 g/mol. The minimum absolute atomic E-state index is 0.00721. The van der Waals surface area contributed by atoms with Crippen LogP contribution in [0.2, 0.25) is 5.02 Å². The topological polar surface area (TPSA) is 83.1 Å². The maximum absolute atomic E-state index is 13.7. The number of hydrogen-bond donors (Lipinski definition) is 3. The highest BCUT2D eigenvalue weighted by molar-refractivity contribution is 6.30. The van der Waals surface area contributed by atoms with Crippen molar-refractivity contribution in [1.82, 2.24) is 15.5 Å². The van der Waals surface area contributed by atoms with E-state index in [1.807, 2.05) is 36.1 Å². The number of aliphatic hydroxyl groups is 1. The smallest absolute Gasteiger partial charge is 0.317 e. The van der Waals surface area contributed by atoms with Gasteiger partial charge < -0.3 is 30.1 Å². The number of urea groups is 1. The largest absolute Gasteiger partial charge is 0.385 e. The zero-order chi connectivity index (χ0) is 27.7. The number of amides is 2. The molecule has 3 N–H and O–H groups in total. The average Bonchev–Trinajstić information content (AvgIpc) is 3.69. The molecule has 220 valence electrons. The summed E-state index contributed by atoms with van der Waals surface area (Å²) in [7, 11) is 1.71. The van der Waals surface area contributed by atoms with Gasteiger partial charge >= 0.3 is 6.03 Å². The summed E-state index contributed by atoms with van der Waals surface area (Å²) in [6.45, 7) is 6.93. The lowest BCUT2D eigenvalue weighted by molar-refractivity contribution is -0.0564. The predicted octanol–water partition coefficient (Wildman–Crippen LogP) is 5.20. The van der Waals surface area contributed by atoms with Gasteiger partial charge in [0.05, 0.1) is 12.2 Å². The molecule has 0 radical (unpaired) electrons. The first-order valence-corrected chi connectivity index (χ1v) is 15.7. The van der Waals surface area contributed by atoms with Gasteiger partial charge in [-0.1, -0.05) is 36.6 Å². The molecule has 8 heteroatoms. The highest BCUT2D eigenvalue weighted by atomic mass is 35.5. The van der Waals surface area contributed by atoms with E-state index in [0.717, 1.165) is 69.3 Å². The molecule has 4 rings (SSSR count). The van der Waals surface area contributed by atoms with Crippen molar-refractivity contribution >= 4 is 17.6 Å². The van der Waals surface area contributed by atoms with E-state index < -0.39 is 5.60 Å². The van der Waals surface area contributed by atoms with E-state index in [2.05, 4.69) is 10.6 Å². The van der Waals surface area contributed by atoms with Crippen LogP contribution in [-0.4, -0.2) is 75.2 Å². The molecule has 3 fully saturated rings. The van der Waals surface area contributed by atoms with Crippen molar-refractivity contribution in [3.63, 3.8) is 0 Å². The summed E-state index contributed by atoms with van der Waals surface area (Å²) in [5, 5.41) is 19.8.